The van der Waals surface area contributed by atoms with Gasteiger partial charge in [0.15, 0.2) is 0 Å². The summed E-state index contributed by atoms with van der Waals surface area (Å²) in [6.45, 7) is 3.42. The summed E-state index contributed by atoms with van der Waals surface area (Å²) in [5.74, 6) is 0.601. The molecular weight excluding hydrogens is 212 g/mol. The summed E-state index contributed by atoms with van der Waals surface area (Å²) in [5.41, 5.74) is 7.50. The van der Waals surface area contributed by atoms with Gasteiger partial charge in [-0.3, -0.25) is 4.79 Å². The number of nitrogens with zero attached hydrogens (tertiary/aromatic N) is 1. The first-order valence-electron chi connectivity index (χ1n) is 6.30. The van der Waals surface area contributed by atoms with E-state index in [0.717, 1.165) is 13.0 Å². The number of likely N-dealkylation sites (tertiary alicyclic amines) is 1. The summed E-state index contributed by atoms with van der Waals surface area (Å²) < 4.78 is 0. The van der Waals surface area contributed by atoms with Crippen molar-refractivity contribution in [3.05, 3.63) is 35.9 Å². The molecule has 3 heteroatoms. The van der Waals surface area contributed by atoms with Gasteiger partial charge in [0.1, 0.15) is 0 Å². The average Bonchev–Trinajstić information content (AvgIpc) is 2.38. The minimum absolute atomic E-state index is 0.0571. The Bertz CT molecular complexity index is 377. The zero-order chi connectivity index (χ0) is 12.3. The number of hydrogen-bond donors (Lipinski definition) is 1. The Labute approximate surface area is 103 Å². The van der Waals surface area contributed by atoms with Crippen LogP contribution < -0.4 is 5.73 Å². The van der Waals surface area contributed by atoms with Crippen LogP contribution in [0.5, 0.6) is 0 Å². The van der Waals surface area contributed by atoms with Gasteiger partial charge in [-0.05, 0) is 12.0 Å². The fourth-order valence-corrected chi connectivity index (χ4v) is 2.55. The minimum Gasteiger partial charge on any atom is -0.341 e. The van der Waals surface area contributed by atoms with Crippen molar-refractivity contribution in [2.75, 3.05) is 13.1 Å². The highest BCUT2D eigenvalue weighted by atomic mass is 16.2. The van der Waals surface area contributed by atoms with E-state index >= 15 is 0 Å². The highest BCUT2D eigenvalue weighted by molar-refractivity contribution is 5.76. The second kappa shape index (κ2) is 5.32. The molecule has 2 N–H and O–H groups in total. The molecule has 0 bridgehead atoms. The Balaban J connectivity index is 2.04. The van der Waals surface area contributed by atoms with Crippen molar-refractivity contribution in [3.63, 3.8) is 0 Å². The third kappa shape index (κ3) is 2.67. The van der Waals surface area contributed by atoms with Gasteiger partial charge in [0.05, 0.1) is 0 Å². The maximum Gasteiger partial charge on any atom is 0.222 e. The largest absolute Gasteiger partial charge is 0.341 e. The predicted octanol–water partition coefficient (Wildman–Crippen LogP) is 1.74. The lowest BCUT2D eigenvalue weighted by Gasteiger charge is -2.37. The summed E-state index contributed by atoms with van der Waals surface area (Å²) in [4.78, 5) is 13.5. The van der Waals surface area contributed by atoms with Crippen LogP contribution in [0.1, 0.15) is 31.2 Å². The van der Waals surface area contributed by atoms with Crippen molar-refractivity contribution in [3.8, 4) is 0 Å². The molecule has 1 aromatic carbocycles. The molecule has 1 aliphatic rings. The van der Waals surface area contributed by atoms with E-state index in [9.17, 15) is 4.79 Å². The van der Waals surface area contributed by atoms with Gasteiger partial charge in [0.25, 0.3) is 0 Å². The molecule has 0 aromatic heterocycles. The fourth-order valence-electron chi connectivity index (χ4n) is 2.55. The van der Waals surface area contributed by atoms with Crippen molar-refractivity contribution in [2.45, 2.75) is 31.7 Å². The number of nitrogens with two attached hydrogens (primary N) is 1. The molecule has 1 fully saturated rings. The molecule has 92 valence electrons. The van der Waals surface area contributed by atoms with Gasteiger partial charge in [-0.25, -0.2) is 0 Å². The monoisotopic (exact) mass is 232 g/mol. The first-order chi connectivity index (χ1) is 8.22. The van der Waals surface area contributed by atoms with Gasteiger partial charge in [-0.1, -0.05) is 37.3 Å². The molecule has 2 rings (SSSR count). The number of rotatable bonds is 2. The van der Waals surface area contributed by atoms with Gasteiger partial charge in [0, 0.05) is 31.5 Å². The van der Waals surface area contributed by atoms with E-state index in [4.69, 9.17) is 5.73 Å². The SMILES string of the molecule is CCC(=O)N1CCC(c2ccccc2)C(N)C1. The van der Waals surface area contributed by atoms with Gasteiger partial charge in [0.2, 0.25) is 5.91 Å². The molecule has 1 aliphatic heterocycles. The second-order valence-corrected chi connectivity index (χ2v) is 4.66. The number of hydrogen-bond acceptors (Lipinski definition) is 2. The Kier molecular flexibility index (Phi) is 3.79. The first kappa shape index (κ1) is 12.1. The molecule has 0 aliphatic carbocycles. The molecule has 0 saturated carbocycles. The van der Waals surface area contributed by atoms with Gasteiger partial charge < -0.3 is 10.6 Å². The molecule has 1 saturated heterocycles. The molecular formula is C14H20N2O. The predicted molar refractivity (Wildman–Crippen MR) is 68.6 cm³/mol. The Hall–Kier alpha value is -1.35. The van der Waals surface area contributed by atoms with E-state index in [1.54, 1.807) is 0 Å². The molecule has 1 heterocycles. The molecule has 1 aromatic rings. The molecule has 0 radical (unpaired) electrons. The third-order valence-electron chi connectivity index (χ3n) is 3.54. The lowest BCUT2D eigenvalue weighted by Crippen LogP contribution is -2.49. The van der Waals surface area contributed by atoms with Crippen LogP contribution in [0.3, 0.4) is 0 Å². The summed E-state index contributed by atoms with van der Waals surface area (Å²) in [6, 6.07) is 10.4. The van der Waals surface area contributed by atoms with Crippen LogP contribution in [0.2, 0.25) is 0 Å². The van der Waals surface area contributed by atoms with Gasteiger partial charge >= 0.3 is 0 Å². The van der Waals surface area contributed by atoms with Crippen LogP contribution in [-0.4, -0.2) is 29.9 Å². The van der Waals surface area contributed by atoms with Crippen LogP contribution >= 0.6 is 0 Å². The standard InChI is InChI=1S/C14H20N2O/c1-2-14(17)16-9-8-12(13(15)10-16)11-6-4-3-5-7-11/h3-7,12-13H,2,8-10,15H2,1H3. The minimum atomic E-state index is 0.0571. The first-order valence-corrected chi connectivity index (χ1v) is 6.30. The smallest absolute Gasteiger partial charge is 0.222 e. The van der Waals surface area contributed by atoms with E-state index in [2.05, 4.69) is 12.1 Å². The van der Waals surface area contributed by atoms with E-state index in [1.807, 2.05) is 30.0 Å². The molecule has 0 spiro atoms. The lowest BCUT2D eigenvalue weighted by molar-refractivity contribution is -0.132. The van der Waals surface area contributed by atoms with Crippen molar-refractivity contribution in [1.29, 1.82) is 0 Å². The summed E-state index contributed by atoms with van der Waals surface area (Å²) >= 11 is 0. The van der Waals surface area contributed by atoms with E-state index in [-0.39, 0.29) is 11.9 Å². The fraction of sp³-hybridized carbons (Fsp3) is 0.500. The Morgan fingerprint density at radius 1 is 1.41 bits per heavy atom. The summed E-state index contributed by atoms with van der Waals surface area (Å²) in [7, 11) is 0. The number of piperidine rings is 1. The molecule has 17 heavy (non-hydrogen) atoms. The second-order valence-electron chi connectivity index (χ2n) is 4.66. The average molecular weight is 232 g/mol. The maximum absolute atomic E-state index is 11.6. The lowest BCUT2D eigenvalue weighted by atomic mass is 9.86. The number of benzene rings is 1. The molecule has 2 atom stereocenters. The number of carbonyl (C=O) groups is 1. The molecule has 3 nitrogen and oxygen atoms in total. The zero-order valence-corrected chi connectivity index (χ0v) is 10.3. The number of carbonyl (C=O) groups excluding carboxylic acids is 1. The normalized spacial score (nSPS) is 24.7. The highest BCUT2D eigenvalue weighted by Gasteiger charge is 2.29. The van der Waals surface area contributed by atoms with Gasteiger partial charge in [-0.2, -0.15) is 0 Å². The maximum atomic E-state index is 11.6. The molecule has 1 amide bonds. The van der Waals surface area contributed by atoms with E-state index < -0.39 is 0 Å². The highest BCUT2D eigenvalue weighted by Crippen LogP contribution is 2.27. The topological polar surface area (TPSA) is 46.3 Å². The summed E-state index contributed by atoms with van der Waals surface area (Å²) in [5, 5.41) is 0. The van der Waals surface area contributed by atoms with Crippen LogP contribution in [0, 0.1) is 0 Å². The Morgan fingerprint density at radius 2 is 2.12 bits per heavy atom. The van der Waals surface area contributed by atoms with Crippen LogP contribution in [0.4, 0.5) is 0 Å². The third-order valence-corrected chi connectivity index (χ3v) is 3.54. The van der Waals surface area contributed by atoms with Crippen molar-refractivity contribution in [2.24, 2.45) is 5.73 Å². The van der Waals surface area contributed by atoms with Crippen LogP contribution in [0.15, 0.2) is 30.3 Å². The van der Waals surface area contributed by atoms with Gasteiger partial charge in [-0.15, -0.1) is 0 Å². The van der Waals surface area contributed by atoms with E-state index in [0.29, 0.717) is 18.9 Å². The van der Waals surface area contributed by atoms with Crippen molar-refractivity contribution < 1.29 is 4.79 Å². The number of amides is 1. The quantitative estimate of drug-likeness (QED) is 0.844. The summed E-state index contributed by atoms with van der Waals surface area (Å²) in [6.07, 6.45) is 1.54. The van der Waals surface area contributed by atoms with E-state index in [1.165, 1.54) is 5.56 Å². The Morgan fingerprint density at radius 3 is 2.71 bits per heavy atom. The molecule has 2 unspecified atom stereocenters. The van der Waals surface area contributed by atoms with Crippen LogP contribution in [-0.2, 0) is 4.79 Å². The zero-order valence-electron chi connectivity index (χ0n) is 10.3. The van der Waals surface area contributed by atoms with Crippen molar-refractivity contribution >= 4 is 5.91 Å². The van der Waals surface area contributed by atoms with Crippen LogP contribution in [0.25, 0.3) is 0 Å². The van der Waals surface area contributed by atoms with Crippen molar-refractivity contribution in [1.82, 2.24) is 4.90 Å².